The summed E-state index contributed by atoms with van der Waals surface area (Å²) in [6, 6.07) is 0. The lowest BCUT2D eigenvalue weighted by atomic mass is 9.32. The Bertz CT molecular complexity index is 2700. The number of aliphatic hydroxyl groups excluding tert-OH is 13. The van der Waals surface area contributed by atoms with E-state index in [4.69, 9.17) is 47.4 Å². The molecule has 9 rings (SSSR count). The van der Waals surface area contributed by atoms with Gasteiger partial charge in [0.15, 0.2) is 37.4 Å². The van der Waals surface area contributed by atoms with E-state index < -0.39 is 223 Å². The van der Waals surface area contributed by atoms with Crippen molar-refractivity contribution in [2.45, 2.75) is 269 Å². The van der Waals surface area contributed by atoms with Gasteiger partial charge in [0.05, 0.1) is 49.7 Å². The van der Waals surface area contributed by atoms with Crippen LogP contribution in [0.4, 0.5) is 0 Å². The van der Waals surface area contributed by atoms with E-state index in [1.54, 1.807) is 39.8 Å². The van der Waals surface area contributed by atoms with Crippen LogP contribution in [0.15, 0.2) is 34.9 Å². The summed E-state index contributed by atoms with van der Waals surface area (Å²) < 4.78 is 61.6. The largest absolute Gasteiger partial charge is 0.479 e. The second-order valence-corrected chi connectivity index (χ2v) is 28.8. The van der Waals surface area contributed by atoms with Crippen molar-refractivity contribution in [1.29, 1.82) is 0 Å². The lowest BCUT2D eigenvalue weighted by Crippen LogP contribution is -2.76. The van der Waals surface area contributed by atoms with Gasteiger partial charge >= 0.3 is 17.9 Å². The van der Waals surface area contributed by atoms with E-state index in [2.05, 4.69) is 19.9 Å². The Morgan fingerprint density at radius 1 is 0.622 bits per heavy atom. The molecule has 0 aromatic carbocycles. The average molecular weight is 1290 g/mol. The van der Waals surface area contributed by atoms with Gasteiger partial charge in [-0.15, -0.1) is 0 Å². The van der Waals surface area contributed by atoms with Crippen molar-refractivity contribution in [2.24, 2.45) is 50.2 Å². The minimum Gasteiger partial charge on any atom is -0.479 e. The van der Waals surface area contributed by atoms with Crippen LogP contribution in [0.5, 0.6) is 0 Å². The fourth-order valence-corrected chi connectivity index (χ4v) is 17.6. The second-order valence-electron chi connectivity index (χ2n) is 28.8. The Balaban J connectivity index is 1.05. The first kappa shape index (κ1) is 71.1. The molecule has 27 nitrogen and oxygen atoms in total. The van der Waals surface area contributed by atoms with E-state index in [9.17, 15) is 85.9 Å². The molecular weight excluding hydrogens is 1190 g/mol. The van der Waals surface area contributed by atoms with Gasteiger partial charge in [-0.3, -0.25) is 0 Å². The van der Waals surface area contributed by atoms with Crippen LogP contribution in [-0.4, -0.2) is 256 Å². The summed E-state index contributed by atoms with van der Waals surface area (Å²) in [6.45, 7) is 19.7. The monoisotopic (exact) mass is 1290 g/mol. The van der Waals surface area contributed by atoms with Gasteiger partial charge in [-0.2, -0.15) is 0 Å². The summed E-state index contributed by atoms with van der Waals surface area (Å²) in [5.41, 5.74) is -4.73. The lowest BCUT2D eigenvalue weighted by molar-refractivity contribution is -0.401. The van der Waals surface area contributed by atoms with Crippen LogP contribution in [0.25, 0.3) is 0 Å². The molecule has 0 spiro atoms. The molecule has 0 amide bonds. The average Bonchev–Trinajstić information content (AvgIpc) is 0.663. The molecule has 8 fully saturated rings. The highest BCUT2D eigenvalue weighted by molar-refractivity contribution is 5.89. The second kappa shape index (κ2) is 26.1. The number of fused-ring (bicyclic) bond motifs is 7. The molecule has 4 saturated heterocycles. The number of hydrogen-bond acceptors (Lipinski definition) is 26. The van der Waals surface area contributed by atoms with Gasteiger partial charge in [0.1, 0.15) is 85.5 Å². The Hall–Kier alpha value is -3.21. The molecule has 0 aromatic rings. The van der Waals surface area contributed by atoms with E-state index >= 15 is 0 Å². The standard InChI is InChI=1S/C63H98O27/c1-13-25(3)52(79)89-49-50(90-53(80)26(4)14-2)63(24-65)29(21-58(49,6)7)28-15-16-33-60(10)19-18-34(59(8,9)32(60)17-20-61(33,11)62(28,12)47(75)48(63)76)84-57-46(88-55-41(73)39(71)37(69)31(22-64)83-55)43(42(74)44(86-57)51(77)78)85-56-45(36(68)30(66)23-81-56)87-54-40(72)38(70)35(67)27(5)82-54/h13-15,27,29-50,54-57,64-76H,16-24H2,1-12H3,(H,77,78). The number of carbonyl (C=O) groups excluding carboxylic acids is 2. The number of allylic oxidation sites excluding steroid dienone is 3. The van der Waals surface area contributed by atoms with Crippen LogP contribution in [0, 0.1) is 50.2 Å². The summed E-state index contributed by atoms with van der Waals surface area (Å²) in [4.78, 5) is 40.8. The highest BCUT2D eigenvalue weighted by Crippen LogP contribution is 2.76. The molecular formula is C63H98O27. The van der Waals surface area contributed by atoms with E-state index in [-0.39, 0.29) is 30.3 Å². The fraction of sp³-hybridized carbons (Fsp3) is 0.857. The van der Waals surface area contributed by atoms with Gasteiger partial charge in [0.25, 0.3) is 0 Å². The smallest absolute Gasteiger partial charge is 0.335 e. The van der Waals surface area contributed by atoms with Gasteiger partial charge in [-0.25, -0.2) is 14.4 Å². The first-order chi connectivity index (χ1) is 42.0. The minimum atomic E-state index is -2.24. The first-order valence-corrected chi connectivity index (χ1v) is 31.5. The zero-order valence-electron chi connectivity index (χ0n) is 53.3. The first-order valence-electron chi connectivity index (χ1n) is 31.5. The maximum absolute atomic E-state index is 13.9. The third kappa shape index (κ3) is 11.5. The Labute approximate surface area is 523 Å². The van der Waals surface area contributed by atoms with E-state index in [0.717, 1.165) is 5.57 Å². The number of hydrogen-bond donors (Lipinski definition) is 14. The van der Waals surface area contributed by atoms with E-state index in [0.29, 0.717) is 31.3 Å². The third-order valence-electron chi connectivity index (χ3n) is 23.4. The van der Waals surface area contributed by atoms with Gasteiger partial charge in [-0.1, -0.05) is 72.3 Å². The number of ether oxygens (including phenoxy) is 10. The molecule has 4 saturated carbocycles. The summed E-state index contributed by atoms with van der Waals surface area (Å²) in [6.07, 6.45) is -34.4. The van der Waals surface area contributed by atoms with Crippen molar-refractivity contribution in [3.63, 3.8) is 0 Å². The molecule has 14 N–H and O–H groups in total. The maximum Gasteiger partial charge on any atom is 0.335 e. The predicted molar refractivity (Wildman–Crippen MR) is 308 cm³/mol. The van der Waals surface area contributed by atoms with E-state index in [1.807, 2.05) is 34.6 Å². The van der Waals surface area contributed by atoms with Crippen LogP contribution in [0.1, 0.15) is 122 Å². The number of esters is 2. The number of aliphatic carboxylic acids is 1. The Morgan fingerprint density at radius 3 is 1.79 bits per heavy atom. The van der Waals surface area contributed by atoms with Crippen molar-refractivity contribution in [1.82, 2.24) is 0 Å². The quantitative estimate of drug-likeness (QED) is 0.0409. The molecule has 4 heterocycles. The van der Waals surface area contributed by atoms with Gasteiger partial charge < -0.3 is 119 Å². The number of carboxylic acids is 1. The third-order valence-corrected chi connectivity index (χ3v) is 23.4. The van der Waals surface area contributed by atoms with Crippen LogP contribution in [-0.2, 0) is 61.8 Å². The highest BCUT2D eigenvalue weighted by atomic mass is 16.8. The molecule has 0 bridgehead atoms. The van der Waals surface area contributed by atoms with Crippen LogP contribution >= 0.6 is 0 Å². The molecule has 27 heteroatoms. The molecule has 31 atom stereocenters. The van der Waals surface area contributed by atoms with Crippen LogP contribution in [0.3, 0.4) is 0 Å². The Kier molecular flexibility index (Phi) is 20.6. The summed E-state index contributed by atoms with van der Waals surface area (Å²) in [7, 11) is 0. The molecule has 0 radical (unpaired) electrons. The molecule has 4 aliphatic heterocycles. The van der Waals surface area contributed by atoms with Gasteiger partial charge in [0.2, 0.25) is 0 Å². The van der Waals surface area contributed by atoms with Crippen molar-refractivity contribution in [3.05, 3.63) is 34.9 Å². The number of carbonyl (C=O) groups is 3. The maximum atomic E-state index is 13.9. The molecule has 9 aliphatic rings. The SMILES string of the molecule is CC=C(C)C(=O)OC1C(OC(=O)C(C)=CC)C2(CO)C(CC1(C)C)C1=CCC3C4(C)CCC(OC5OC(C(=O)O)C(O)C(OC6OCC(O)C(O)C6OC6OC(C)C(O)C(O)C6O)C5OC5OC(CO)C(O)C(O)C5O)C(C)(C)C4CCC3(C)C1(C)C(O)C2O. The number of aliphatic hydroxyl groups is 13. The van der Waals surface area contributed by atoms with Crippen molar-refractivity contribution < 1.29 is 133 Å². The number of rotatable bonds is 15. The number of carboxylic acid groups (broad SMARTS) is 1. The molecule has 31 unspecified atom stereocenters. The summed E-state index contributed by atoms with van der Waals surface area (Å²) >= 11 is 0. The van der Waals surface area contributed by atoms with Crippen molar-refractivity contribution >= 4 is 17.9 Å². The van der Waals surface area contributed by atoms with E-state index in [1.165, 1.54) is 6.92 Å². The fourth-order valence-electron chi connectivity index (χ4n) is 17.6. The molecule has 0 aromatic heterocycles. The van der Waals surface area contributed by atoms with Crippen LogP contribution < -0.4 is 0 Å². The van der Waals surface area contributed by atoms with Crippen LogP contribution in [0.2, 0.25) is 0 Å². The van der Waals surface area contributed by atoms with Gasteiger partial charge in [0, 0.05) is 22.0 Å². The molecule has 90 heavy (non-hydrogen) atoms. The topological polar surface area (TPSA) is 427 Å². The molecule has 512 valence electrons. The summed E-state index contributed by atoms with van der Waals surface area (Å²) in [5, 5.41) is 158. The zero-order chi connectivity index (χ0) is 66.6. The van der Waals surface area contributed by atoms with Crippen molar-refractivity contribution in [3.8, 4) is 0 Å². The highest BCUT2D eigenvalue weighted by Gasteiger charge is 2.76. The predicted octanol–water partition coefficient (Wildman–Crippen LogP) is -0.885. The normalized spacial score (nSPS) is 50.2. The summed E-state index contributed by atoms with van der Waals surface area (Å²) in [5.74, 6) is -4.24. The lowest BCUT2D eigenvalue weighted by Gasteiger charge is -2.73. The van der Waals surface area contributed by atoms with Crippen molar-refractivity contribution in [2.75, 3.05) is 19.8 Å². The Morgan fingerprint density at radius 2 is 1.20 bits per heavy atom. The van der Waals surface area contributed by atoms with Gasteiger partial charge in [-0.05, 0) is 107 Å². The molecule has 5 aliphatic carbocycles. The zero-order valence-corrected chi connectivity index (χ0v) is 53.3. The minimum absolute atomic E-state index is 0.199.